The summed E-state index contributed by atoms with van der Waals surface area (Å²) in [5, 5.41) is 3.55. The Morgan fingerprint density at radius 1 is 1.02 bits per heavy atom. The molecule has 0 aliphatic carbocycles. The van der Waals surface area contributed by atoms with Crippen LogP contribution < -0.4 is 19.7 Å². The van der Waals surface area contributed by atoms with E-state index in [1.807, 2.05) is 32.6 Å². The Hall–Kier alpha value is -4.21. The maximum Gasteiger partial charge on any atom is 0.412 e. The lowest BCUT2D eigenvalue weighted by atomic mass is 9.88. The monoisotopic (exact) mass is 838 g/mol. The number of benzene rings is 2. The second kappa shape index (κ2) is 13.9. The summed E-state index contributed by atoms with van der Waals surface area (Å²) in [6.45, 7) is 15.3. The quantitative estimate of drug-likeness (QED) is 0.208. The molecule has 9 rings (SSSR count). The first-order valence-corrected chi connectivity index (χ1v) is 21.4. The van der Waals surface area contributed by atoms with E-state index in [1.54, 1.807) is 32.9 Å². The minimum atomic E-state index is -0.858. The topological polar surface area (TPSA) is 119 Å². The summed E-state index contributed by atoms with van der Waals surface area (Å²) in [6.07, 6.45) is 4.17. The second-order valence-corrected chi connectivity index (χ2v) is 19.7. The SMILES string of the molecule is CC(Oc1nc2c3c(c(Cl)c(-c4c(F)ccc5sc(NC(=O)OC(C)(C)C)cc45)c(F)c3n1)OC[C@@H]1[C@@H]3CC[C@H](CN21)N3C(=O)OC(C)(C)C)C12CCCN1CCC2. The number of thiophene rings is 1. The molecule has 4 aromatic rings. The highest BCUT2D eigenvalue weighted by Crippen LogP contribution is 2.53. The van der Waals surface area contributed by atoms with E-state index in [9.17, 15) is 9.59 Å². The van der Waals surface area contributed by atoms with Crippen molar-refractivity contribution in [3.05, 3.63) is 34.9 Å². The molecule has 0 spiro atoms. The molecule has 5 aliphatic heterocycles. The number of piperazine rings is 1. The molecule has 2 aromatic heterocycles. The van der Waals surface area contributed by atoms with Gasteiger partial charge in [0.2, 0.25) is 0 Å². The van der Waals surface area contributed by atoms with Crippen molar-refractivity contribution in [2.75, 3.05) is 36.5 Å². The van der Waals surface area contributed by atoms with Gasteiger partial charge in [0.1, 0.15) is 41.1 Å². The number of fused-ring (bicyclic) bond motifs is 7. The van der Waals surface area contributed by atoms with Gasteiger partial charge < -0.3 is 23.8 Å². The molecular formula is C42H49ClF2N6O6S. The van der Waals surface area contributed by atoms with Gasteiger partial charge in [-0.15, -0.1) is 11.3 Å². The number of carbonyl (C=O) groups is 2. The van der Waals surface area contributed by atoms with Crippen LogP contribution in [0.1, 0.15) is 87.0 Å². The Kier molecular flexibility index (Phi) is 9.44. The predicted octanol–water partition coefficient (Wildman–Crippen LogP) is 9.53. The van der Waals surface area contributed by atoms with Gasteiger partial charge in [0.05, 0.1) is 39.1 Å². The molecular weight excluding hydrogens is 790 g/mol. The summed E-state index contributed by atoms with van der Waals surface area (Å²) in [5.74, 6) is -1.07. The van der Waals surface area contributed by atoms with E-state index >= 15 is 8.78 Å². The van der Waals surface area contributed by atoms with E-state index in [0.717, 1.165) is 45.2 Å². The minimum Gasteiger partial charge on any atom is -0.489 e. The van der Waals surface area contributed by atoms with Gasteiger partial charge >= 0.3 is 18.2 Å². The summed E-state index contributed by atoms with van der Waals surface area (Å²) < 4.78 is 59.2. The number of halogens is 3. The first-order chi connectivity index (χ1) is 27.4. The lowest BCUT2D eigenvalue weighted by Gasteiger charge is -2.46. The van der Waals surface area contributed by atoms with Crippen molar-refractivity contribution >= 4 is 66.9 Å². The molecule has 16 heteroatoms. The summed E-state index contributed by atoms with van der Waals surface area (Å²) in [4.78, 5) is 42.6. The number of amides is 2. The van der Waals surface area contributed by atoms with E-state index in [1.165, 1.54) is 17.4 Å². The number of ether oxygens (including phenoxy) is 4. The zero-order valence-electron chi connectivity index (χ0n) is 33.8. The Bertz CT molecular complexity index is 2340. The van der Waals surface area contributed by atoms with Crippen molar-refractivity contribution in [1.29, 1.82) is 0 Å². The van der Waals surface area contributed by atoms with Gasteiger partial charge in [-0.25, -0.2) is 18.4 Å². The molecule has 12 nitrogen and oxygen atoms in total. The first kappa shape index (κ1) is 39.3. The summed E-state index contributed by atoms with van der Waals surface area (Å²) in [6, 6.07) is 3.52. The highest BCUT2D eigenvalue weighted by Gasteiger charge is 2.53. The van der Waals surface area contributed by atoms with E-state index in [2.05, 4.69) is 15.1 Å². The molecule has 1 N–H and O–H groups in total. The number of anilines is 2. The van der Waals surface area contributed by atoms with Crippen LogP contribution in [0.3, 0.4) is 0 Å². The number of carbonyl (C=O) groups excluding carboxylic acids is 2. The smallest absolute Gasteiger partial charge is 0.412 e. The third kappa shape index (κ3) is 6.55. The van der Waals surface area contributed by atoms with Gasteiger partial charge in [-0.05, 0) is 118 Å². The molecule has 5 aliphatic rings. The van der Waals surface area contributed by atoms with Crippen molar-refractivity contribution in [2.45, 2.75) is 128 Å². The summed E-state index contributed by atoms with van der Waals surface area (Å²) >= 11 is 8.42. The van der Waals surface area contributed by atoms with Crippen LogP contribution in [0.4, 0.5) is 29.2 Å². The summed E-state index contributed by atoms with van der Waals surface area (Å²) in [7, 11) is 0. The van der Waals surface area contributed by atoms with E-state index in [-0.39, 0.29) is 69.1 Å². The Labute approximate surface area is 345 Å². The fourth-order valence-corrected chi connectivity index (χ4v) is 11.3. The van der Waals surface area contributed by atoms with Crippen molar-refractivity contribution in [3.63, 3.8) is 0 Å². The number of hydrogen-bond donors (Lipinski definition) is 1. The van der Waals surface area contributed by atoms with E-state index in [4.69, 9.17) is 40.5 Å². The van der Waals surface area contributed by atoms with E-state index < -0.39 is 41.1 Å². The van der Waals surface area contributed by atoms with Crippen LogP contribution >= 0.6 is 22.9 Å². The van der Waals surface area contributed by atoms with Crippen LogP contribution in [-0.4, -0.2) is 99.2 Å². The highest BCUT2D eigenvalue weighted by molar-refractivity contribution is 7.23. The molecule has 0 saturated carbocycles. The minimum absolute atomic E-state index is 0.00174. The van der Waals surface area contributed by atoms with Crippen molar-refractivity contribution in [2.24, 2.45) is 0 Å². The average Bonchev–Trinajstić information content (AvgIpc) is 3.88. The van der Waals surface area contributed by atoms with Gasteiger partial charge in [0.25, 0.3) is 0 Å². The van der Waals surface area contributed by atoms with Crippen LogP contribution in [0.5, 0.6) is 11.8 Å². The lowest BCUT2D eigenvalue weighted by Crippen LogP contribution is -2.63. The molecule has 4 fully saturated rings. The van der Waals surface area contributed by atoms with Crippen LogP contribution in [-0.2, 0) is 9.47 Å². The largest absolute Gasteiger partial charge is 0.489 e. The first-order valence-electron chi connectivity index (χ1n) is 20.2. The normalized spacial score (nSPS) is 23.0. The molecule has 2 bridgehead atoms. The maximum absolute atomic E-state index is 17.7. The van der Waals surface area contributed by atoms with Crippen LogP contribution in [0.25, 0.3) is 32.1 Å². The Morgan fingerprint density at radius 3 is 2.45 bits per heavy atom. The molecule has 58 heavy (non-hydrogen) atoms. The van der Waals surface area contributed by atoms with Crippen molar-refractivity contribution in [3.8, 4) is 22.9 Å². The van der Waals surface area contributed by atoms with Crippen LogP contribution in [0.15, 0.2) is 18.2 Å². The second-order valence-electron chi connectivity index (χ2n) is 18.2. The lowest BCUT2D eigenvalue weighted by molar-refractivity contribution is 0.00539. The molecule has 1 unspecified atom stereocenters. The van der Waals surface area contributed by atoms with Gasteiger partial charge in [-0.3, -0.25) is 15.1 Å². The third-order valence-electron chi connectivity index (χ3n) is 12.3. The molecule has 4 saturated heterocycles. The molecule has 310 valence electrons. The van der Waals surface area contributed by atoms with Gasteiger partial charge in [0, 0.05) is 27.8 Å². The predicted molar refractivity (Wildman–Crippen MR) is 220 cm³/mol. The highest BCUT2D eigenvalue weighted by atomic mass is 35.5. The number of rotatable bonds is 5. The van der Waals surface area contributed by atoms with Gasteiger partial charge in [-0.2, -0.15) is 9.97 Å². The maximum atomic E-state index is 17.7. The number of hydrogen-bond acceptors (Lipinski definition) is 11. The van der Waals surface area contributed by atoms with Crippen molar-refractivity contribution < 1.29 is 37.3 Å². The van der Waals surface area contributed by atoms with Crippen molar-refractivity contribution in [1.82, 2.24) is 19.8 Å². The van der Waals surface area contributed by atoms with Crippen LogP contribution in [0, 0.1) is 11.6 Å². The summed E-state index contributed by atoms with van der Waals surface area (Å²) in [5.41, 5.74) is -2.05. The fraction of sp³-hybridized carbons (Fsp3) is 0.571. The molecule has 2 amide bonds. The van der Waals surface area contributed by atoms with E-state index in [0.29, 0.717) is 33.9 Å². The zero-order chi connectivity index (χ0) is 41.1. The number of aromatic nitrogens is 2. The number of nitrogens with zero attached hydrogens (tertiary/aromatic N) is 5. The van der Waals surface area contributed by atoms with Crippen LogP contribution in [0.2, 0.25) is 5.02 Å². The standard InChI is InChI=1S/C42H49ClF2N6O6S/c1-21(42-14-8-16-49(42)17-9-15-42)55-37-47-34-31-35(54-20-26-25-12-10-22(19-50(26)36(31)48-37)51(25)39(53)57-41(5,6)7)32(43)30(33(34)45)29-23-18-28(46-38(52)56-40(2,3)4)58-27(23)13-11-24(29)44/h11,13,18,21-22,25-26H,8-10,12,14-17,19-20H2,1-7H3,(H,46,52)/t21?,22-,25+,26-/m1/s1. The molecule has 2 aromatic carbocycles. The molecule has 0 radical (unpaired) electrons. The third-order valence-corrected chi connectivity index (χ3v) is 13.7. The number of nitrogens with one attached hydrogen (secondary N) is 1. The average molecular weight is 839 g/mol. The van der Waals surface area contributed by atoms with Gasteiger partial charge in [-0.1, -0.05) is 11.6 Å². The zero-order valence-corrected chi connectivity index (χ0v) is 35.4. The molecule has 7 heterocycles. The molecule has 4 atom stereocenters. The van der Waals surface area contributed by atoms with Gasteiger partial charge in [0.15, 0.2) is 11.6 Å². The fourth-order valence-electron chi connectivity index (χ4n) is 9.99. The Morgan fingerprint density at radius 2 is 1.74 bits per heavy atom. The Balaban J connectivity index is 1.19.